The summed E-state index contributed by atoms with van der Waals surface area (Å²) in [5, 5.41) is 2.62. The summed E-state index contributed by atoms with van der Waals surface area (Å²) >= 11 is 1.22. The van der Waals surface area contributed by atoms with Crippen LogP contribution >= 0.6 is 11.8 Å². The first kappa shape index (κ1) is 17.7. The summed E-state index contributed by atoms with van der Waals surface area (Å²) in [6.07, 6.45) is -4.27. The molecule has 23 heavy (non-hydrogen) atoms. The number of carbonyl (C=O) groups is 2. The van der Waals surface area contributed by atoms with Gasteiger partial charge in [-0.3, -0.25) is 9.59 Å². The summed E-state index contributed by atoms with van der Waals surface area (Å²) in [7, 11) is 0. The van der Waals surface area contributed by atoms with Gasteiger partial charge in [-0.15, -0.1) is 0 Å². The van der Waals surface area contributed by atoms with Gasteiger partial charge < -0.3 is 10.2 Å². The fourth-order valence-corrected chi connectivity index (χ4v) is 3.10. The van der Waals surface area contributed by atoms with E-state index in [4.69, 9.17) is 0 Å². The molecule has 1 aromatic carbocycles. The molecule has 0 saturated carbocycles. The smallest absolute Gasteiger partial charge is 0.350 e. The summed E-state index contributed by atoms with van der Waals surface area (Å²) < 4.78 is 38.1. The van der Waals surface area contributed by atoms with Crippen LogP contribution in [0.2, 0.25) is 0 Å². The molecule has 0 aliphatic carbocycles. The molecule has 4 nitrogen and oxygen atoms in total. The molecule has 1 fully saturated rings. The Bertz CT molecular complexity index is 592. The zero-order valence-corrected chi connectivity index (χ0v) is 13.3. The van der Waals surface area contributed by atoms with Crippen molar-refractivity contribution in [3.05, 3.63) is 35.4 Å². The highest BCUT2D eigenvalue weighted by molar-refractivity contribution is 8.13. The summed E-state index contributed by atoms with van der Waals surface area (Å²) in [6.45, 7) is 2.58. The fraction of sp³-hybridized carbons (Fsp3) is 0.467. The number of hydrogen-bond acceptors (Lipinski definition) is 3. The first-order chi connectivity index (χ1) is 10.8. The van der Waals surface area contributed by atoms with Crippen molar-refractivity contribution >= 4 is 22.9 Å². The second-order valence-electron chi connectivity index (χ2n) is 5.26. The third-order valence-corrected chi connectivity index (χ3v) is 4.44. The van der Waals surface area contributed by atoms with Crippen molar-refractivity contribution in [1.29, 1.82) is 0 Å². The number of alkyl halides is 3. The number of hydrogen-bond donors (Lipinski definition) is 1. The molecular weight excluding hydrogens is 329 g/mol. The molecule has 2 rings (SSSR count). The standard InChI is InChI=1S/C15H17F3N2O2S/c1-10(11-3-2-4-12(9-11)15(16,17)18)19-13(21)5-6-20-7-8-23-14(20)22/h2-4,9-10H,5-8H2,1H3,(H,19,21). The largest absolute Gasteiger partial charge is 0.416 e. The fourth-order valence-electron chi connectivity index (χ4n) is 2.25. The molecule has 0 radical (unpaired) electrons. The Labute approximate surface area is 136 Å². The maximum Gasteiger partial charge on any atom is 0.416 e. The van der Waals surface area contributed by atoms with Gasteiger partial charge in [-0.2, -0.15) is 13.2 Å². The van der Waals surface area contributed by atoms with E-state index in [-0.39, 0.29) is 17.6 Å². The maximum atomic E-state index is 12.7. The van der Waals surface area contributed by atoms with Gasteiger partial charge in [0.05, 0.1) is 11.6 Å². The minimum atomic E-state index is -4.41. The van der Waals surface area contributed by atoms with Crippen LogP contribution in [0.15, 0.2) is 24.3 Å². The zero-order valence-electron chi connectivity index (χ0n) is 12.5. The minimum absolute atomic E-state index is 0.0382. The quantitative estimate of drug-likeness (QED) is 0.888. The normalized spacial score (nSPS) is 16.5. The molecule has 0 bridgehead atoms. The van der Waals surface area contributed by atoms with Gasteiger partial charge in [-0.05, 0) is 24.6 Å². The van der Waals surface area contributed by atoms with Crippen molar-refractivity contribution in [3.8, 4) is 0 Å². The molecule has 0 aromatic heterocycles. The molecule has 8 heteroatoms. The monoisotopic (exact) mass is 346 g/mol. The molecule has 1 aliphatic heterocycles. The highest BCUT2D eigenvalue weighted by Gasteiger charge is 2.30. The Morgan fingerprint density at radius 1 is 1.43 bits per heavy atom. The number of halogens is 3. The van der Waals surface area contributed by atoms with E-state index in [0.717, 1.165) is 17.9 Å². The SMILES string of the molecule is CC(NC(=O)CCN1CCSC1=O)c1cccc(C(F)(F)F)c1. The van der Waals surface area contributed by atoms with E-state index in [1.54, 1.807) is 17.9 Å². The van der Waals surface area contributed by atoms with Crippen molar-refractivity contribution in [2.24, 2.45) is 0 Å². The predicted molar refractivity (Wildman–Crippen MR) is 82.0 cm³/mol. The Kier molecular flexibility index (Phi) is 5.56. The molecule has 1 aromatic rings. The molecule has 2 amide bonds. The van der Waals surface area contributed by atoms with Gasteiger partial charge in [0.25, 0.3) is 5.24 Å². The number of nitrogens with zero attached hydrogens (tertiary/aromatic N) is 1. The average Bonchev–Trinajstić information content (AvgIpc) is 2.89. The Balaban J connectivity index is 1.89. The summed E-state index contributed by atoms with van der Waals surface area (Å²) in [5.41, 5.74) is -0.350. The minimum Gasteiger partial charge on any atom is -0.350 e. The molecular formula is C15H17F3N2O2S. The van der Waals surface area contributed by atoms with Gasteiger partial charge >= 0.3 is 6.18 Å². The second kappa shape index (κ2) is 7.25. The first-order valence-electron chi connectivity index (χ1n) is 7.15. The van der Waals surface area contributed by atoms with Crippen LogP contribution in [0.3, 0.4) is 0 Å². The average molecular weight is 346 g/mol. The lowest BCUT2D eigenvalue weighted by atomic mass is 10.0. The van der Waals surface area contributed by atoms with E-state index in [9.17, 15) is 22.8 Å². The van der Waals surface area contributed by atoms with Gasteiger partial charge in [-0.1, -0.05) is 23.9 Å². The van der Waals surface area contributed by atoms with Crippen LogP contribution in [0.5, 0.6) is 0 Å². The van der Waals surface area contributed by atoms with E-state index in [2.05, 4.69) is 5.32 Å². The molecule has 0 spiro atoms. The highest BCUT2D eigenvalue weighted by Crippen LogP contribution is 2.30. The van der Waals surface area contributed by atoms with Crippen LogP contribution in [-0.4, -0.2) is 34.9 Å². The van der Waals surface area contributed by atoms with E-state index < -0.39 is 17.8 Å². The van der Waals surface area contributed by atoms with Crippen molar-refractivity contribution < 1.29 is 22.8 Å². The van der Waals surface area contributed by atoms with Gasteiger partial charge in [0.2, 0.25) is 5.91 Å². The van der Waals surface area contributed by atoms with E-state index in [0.29, 0.717) is 18.7 Å². The highest BCUT2D eigenvalue weighted by atomic mass is 32.2. The predicted octanol–water partition coefficient (Wildman–Crippen LogP) is 3.44. The summed E-state index contributed by atoms with van der Waals surface area (Å²) in [6, 6.07) is 4.36. The van der Waals surface area contributed by atoms with E-state index >= 15 is 0 Å². The van der Waals surface area contributed by atoms with Crippen LogP contribution in [0.4, 0.5) is 18.0 Å². The number of amides is 2. The molecule has 1 heterocycles. The lowest BCUT2D eigenvalue weighted by molar-refractivity contribution is -0.137. The van der Waals surface area contributed by atoms with Crippen molar-refractivity contribution in [2.75, 3.05) is 18.8 Å². The van der Waals surface area contributed by atoms with Crippen molar-refractivity contribution in [2.45, 2.75) is 25.6 Å². The number of thioether (sulfide) groups is 1. The Hall–Kier alpha value is -1.70. The number of benzene rings is 1. The second-order valence-corrected chi connectivity index (χ2v) is 6.31. The number of rotatable bonds is 5. The van der Waals surface area contributed by atoms with E-state index in [1.165, 1.54) is 17.8 Å². The maximum absolute atomic E-state index is 12.7. The van der Waals surface area contributed by atoms with E-state index in [1.807, 2.05) is 0 Å². The van der Waals surface area contributed by atoms with Crippen LogP contribution in [0.25, 0.3) is 0 Å². The van der Waals surface area contributed by atoms with Gasteiger partial charge in [0, 0.05) is 25.3 Å². The molecule has 126 valence electrons. The molecule has 1 unspecified atom stereocenters. The third-order valence-electron chi connectivity index (χ3n) is 3.55. The number of carbonyl (C=O) groups excluding carboxylic acids is 2. The van der Waals surface area contributed by atoms with Crippen LogP contribution in [-0.2, 0) is 11.0 Å². The zero-order chi connectivity index (χ0) is 17.0. The Morgan fingerprint density at radius 2 is 2.17 bits per heavy atom. The van der Waals surface area contributed by atoms with Crippen molar-refractivity contribution in [3.63, 3.8) is 0 Å². The van der Waals surface area contributed by atoms with Gasteiger partial charge in [0.1, 0.15) is 0 Å². The van der Waals surface area contributed by atoms with Crippen molar-refractivity contribution in [1.82, 2.24) is 10.2 Å². The lowest BCUT2D eigenvalue weighted by Gasteiger charge is -2.18. The van der Waals surface area contributed by atoms with Crippen LogP contribution < -0.4 is 5.32 Å². The first-order valence-corrected chi connectivity index (χ1v) is 8.14. The van der Waals surface area contributed by atoms with Crippen LogP contribution in [0.1, 0.15) is 30.5 Å². The molecule has 1 atom stereocenters. The summed E-state index contributed by atoms with van der Waals surface area (Å²) in [4.78, 5) is 24.9. The summed E-state index contributed by atoms with van der Waals surface area (Å²) in [5.74, 6) is 0.431. The number of nitrogens with one attached hydrogen (secondary N) is 1. The van der Waals surface area contributed by atoms with Crippen LogP contribution in [0, 0.1) is 0 Å². The van der Waals surface area contributed by atoms with Gasteiger partial charge in [0.15, 0.2) is 0 Å². The van der Waals surface area contributed by atoms with Gasteiger partial charge in [-0.25, -0.2) is 0 Å². The topological polar surface area (TPSA) is 49.4 Å². The lowest BCUT2D eigenvalue weighted by Crippen LogP contribution is -2.32. The molecule has 1 N–H and O–H groups in total. The molecule has 1 saturated heterocycles. The third kappa shape index (κ3) is 4.89. The molecule has 1 aliphatic rings. The Morgan fingerprint density at radius 3 is 2.78 bits per heavy atom.